The van der Waals surface area contributed by atoms with Crippen LogP contribution in [0.4, 0.5) is 11.5 Å². The van der Waals surface area contributed by atoms with Crippen molar-refractivity contribution in [3.63, 3.8) is 0 Å². The normalized spacial score (nSPS) is 15.1. The van der Waals surface area contributed by atoms with Gasteiger partial charge in [-0.2, -0.15) is 0 Å². The first-order valence-electron chi connectivity index (χ1n) is 8.32. The second-order valence-corrected chi connectivity index (χ2v) is 6.10. The molecule has 0 unspecified atom stereocenters. The molecule has 2 aliphatic rings. The van der Waals surface area contributed by atoms with Gasteiger partial charge in [-0.25, -0.2) is 15.0 Å². The predicted molar refractivity (Wildman–Crippen MR) is 95.5 cm³/mol. The monoisotopic (exact) mass is 352 g/mol. The van der Waals surface area contributed by atoms with Crippen LogP contribution in [0.2, 0.25) is 0 Å². The lowest BCUT2D eigenvalue weighted by atomic mass is 10.1. The predicted octanol–water partition coefficient (Wildman–Crippen LogP) is 1.06. The maximum absolute atomic E-state index is 12.3. The van der Waals surface area contributed by atoms with Crippen LogP contribution < -0.4 is 15.2 Å². The Labute approximate surface area is 147 Å². The van der Waals surface area contributed by atoms with Crippen molar-refractivity contribution in [3.05, 3.63) is 40.4 Å². The number of fused-ring (bicyclic) bond motifs is 1. The third-order valence-electron chi connectivity index (χ3n) is 4.62. The number of rotatable bonds is 4. The van der Waals surface area contributed by atoms with Gasteiger partial charge in [0.1, 0.15) is 18.5 Å². The molecular formula is C17H16N6O3. The summed E-state index contributed by atoms with van der Waals surface area (Å²) in [6.45, 7) is 2.21. The van der Waals surface area contributed by atoms with Crippen LogP contribution in [0.1, 0.15) is 5.56 Å². The lowest BCUT2D eigenvalue weighted by molar-refractivity contribution is 0.184. The second-order valence-electron chi connectivity index (χ2n) is 6.10. The van der Waals surface area contributed by atoms with Crippen LogP contribution in [0, 0.1) is 0 Å². The van der Waals surface area contributed by atoms with E-state index in [0.717, 1.165) is 22.6 Å². The highest BCUT2D eigenvalue weighted by atomic mass is 16.5. The van der Waals surface area contributed by atoms with E-state index in [1.165, 1.54) is 6.33 Å². The van der Waals surface area contributed by atoms with Crippen LogP contribution in [-0.2, 0) is 11.3 Å². The minimum Gasteiger partial charge on any atom is -0.475 e. The Balaban J connectivity index is 1.56. The van der Waals surface area contributed by atoms with Gasteiger partial charge < -0.3 is 14.4 Å². The summed E-state index contributed by atoms with van der Waals surface area (Å²) in [5, 5.41) is 3.49. The molecule has 9 nitrogen and oxygen atoms in total. The lowest BCUT2D eigenvalue weighted by Gasteiger charge is -2.27. The summed E-state index contributed by atoms with van der Waals surface area (Å²) >= 11 is 0. The van der Waals surface area contributed by atoms with Crippen LogP contribution >= 0.6 is 0 Å². The number of aromatic nitrogens is 4. The smallest absolute Gasteiger partial charge is 0.272 e. The van der Waals surface area contributed by atoms with Crippen molar-refractivity contribution in [3.8, 4) is 5.88 Å². The van der Waals surface area contributed by atoms with Crippen molar-refractivity contribution in [1.82, 2.24) is 19.7 Å². The minimum absolute atomic E-state index is 0.121. The fraction of sp³-hybridized carbons (Fsp3) is 0.294. The number of anilines is 1. The van der Waals surface area contributed by atoms with Gasteiger partial charge in [0.15, 0.2) is 11.7 Å². The van der Waals surface area contributed by atoms with E-state index in [2.05, 4.69) is 20.1 Å². The molecule has 0 atom stereocenters. The first-order chi connectivity index (χ1) is 12.8. The number of aromatic amines is 1. The standard InChI is InChI=1S/C17H16N6O3/c1-25-6-5-23-12-3-2-10(8-11(12)16(24)21-23)22-4-7-26-17-13-14(18-9-19-17)20-15(13)22/h2-3,8-9H,4-7H2,1H3,(H,21,24). The first-order valence-corrected chi connectivity index (χ1v) is 8.32. The molecule has 0 saturated heterocycles. The number of ether oxygens (including phenoxy) is 2. The van der Waals surface area contributed by atoms with E-state index in [1.807, 2.05) is 23.1 Å². The van der Waals surface area contributed by atoms with Gasteiger partial charge in [-0.15, -0.1) is 0 Å². The van der Waals surface area contributed by atoms with Crippen molar-refractivity contribution in [2.75, 3.05) is 31.8 Å². The van der Waals surface area contributed by atoms with Crippen molar-refractivity contribution in [2.24, 2.45) is 4.99 Å². The molecule has 26 heavy (non-hydrogen) atoms. The average molecular weight is 352 g/mol. The third-order valence-corrected chi connectivity index (χ3v) is 4.62. The van der Waals surface area contributed by atoms with Crippen LogP contribution in [-0.4, -0.2) is 52.5 Å². The number of benzene rings is 1. The second kappa shape index (κ2) is 5.67. The molecule has 0 aliphatic carbocycles. The summed E-state index contributed by atoms with van der Waals surface area (Å²) in [5.41, 5.74) is 2.44. The van der Waals surface area contributed by atoms with E-state index >= 15 is 0 Å². The zero-order valence-corrected chi connectivity index (χ0v) is 14.1. The molecule has 0 fully saturated rings. The summed E-state index contributed by atoms with van der Waals surface area (Å²) in [6.07, 6.45) is 1.46. The van der Waals surface area contributed by atoms with E-state index in [4.69, 9.17) is 9.47 Å². The molecule has 2 aromatic heterocycles. The van der Waals surface area contributed by atoms with Crippen LogP contribution in [0.25, 0.3) is 10.9 Å². The molecule has 4 heterocycles. The number of H-pyrrole nitrogens is 1. The molecule has 1 aromatic carbocycles. The molecule has 3 aromatic rings. The van der Waals surface area contributed by atoms with Crippen LogP contribution in [0.15, 0.2) is 34.3 Å². The Kier molecular flexibility index (Phi) is 3.29. The Hall–Kier alpha value is -3.20. The fourth-order valence-electron chi connectivity index (χ4n) is 3.35. The maximum atomic E-state index is 12.3. The van der Waals surface area contributed by atoms with Gasteiger partial charge in [-0.05, 0) is 18.2 Å². The summed E-state index contributed by atoms with van der Waals surface area (Å²) in [5.74, 6) is 1.98. The molecule has 0 spiro atoms. The molecule has 132 valence electrons. The van der Waals surface area contributed by atoms with Crippen molar-refractivity contribution in [2.45, 2.75) is 6.54 Å². The molecule has 0 saturated carbocycles. The molecule has 0 amide bonds. The van der Waals surface area contributed by atoms with E-state index in [-0.39, 0.29) is 5.56 Å². The van der Waals surface area contributed by atoms with Gasteiger partial charge in [-0.3, -0.25) is 14.6 Å². The summed E-state index contributed by atoms with van der Waals surface area (Å²) < 4.78 is 12.6. The van der Waals surface area contributed by atoms with Crippen molar-refractivity contribution in [1.29, 1.82) is 0 Å². The molecule has 5 rings (SSSR count). The minimum atomic E-state index is -0.121. The number of amidine groups is 1. The fourth-order valence-corrected chi connectivity index (χ4v) is 3.35. The topological polar surface area (TPSA) is 97.6 Å². The van der Waals surface area contributed by atoms with E-state index in [0.29, 0.717) is 43.4 Å². The number of nitrogens with one attached hydrogen (secondary N) is 1. The SMILES string of the molecule is COCCn1[nH]c(=O)c2cc(N3CCOc4ncnc5c4C3=N5)ccc21. The molecule has 2 aliphatic heterocycles. The molecule has 0 bridgehead atoms. The van der Waals surface area contributed by atoms with Crippen LogP contribution in [0.5, 0.6) is 5.88 Å². The van der Waals surface area contributed by atoms with Gasteiger partial charge in [0, 0.05) is 12.8 Å². The molecule has 0 radical (unpaired) electrons. The summed E-state index contributed by atoms with van der Waals surface area (Å²) in [7, 11) is 1.64. The highest BCUT2D eigenvalue weighted by Gasteiger charge is 2.33. The lowest BCUT2D eigenvalue weighted by Crippen LogP contribution is -2.35. The molecular weight excluding hydrogens is 336 g/mol. The Morgan fingerprint density at radius 2 is 2.27 bits per heavy atom. The zero-order chi connectivity index (χ0) is 17.7. The third kappa shape index (κ3) is 2.14. The average Bonchev–Trinajstić information content (AvgIpc) is 2.84. The van der Waals surface area contributed by atoms with Gasteiger partial charge in [-0.1, -0.05) is 0 Å². The van der Waals surface area contributed by atoms with E-state index in [1.54, 1.807) is 11.8 Å². The van der Waals surface area contributed by atoms with Gasteiger partial charge in [0.25, 0.3) is 5.56 Å². The Bertz CT molecular complexity index is 1100. The molecule has 1 N–H and O–H groups in total. The van der Waals surface area contributed by atoms with Gasteiger partial charge in [0.2, 0.25) is 5.88 Å². The quantitative estimate of drug-likeness (QED) is 0.754. The number of hydrogen-bond acceptors (Lipinski definition) is 7. The highest BCUT2D eigenvalue weighted by Crippen LogP contribution is 2.38. The number of methoxy groups -OCH3 is 1. The van der Waals surface area contributed by atoms with Crippen LogP contribution in [0.3, 0.4) is 0 Å². The number of hydrogen-bond donors (Lipinski definition) is 1. The summed E-state index contributed by atoms with van der Waals surface area (Å²) in [4.78, 5) is 27.2. The number of nitrogens with zero attached hydrogens (tertiary/aromatic N) is 5. The Morgan fingerprint density at radius 1 is 1.35 bits per heavy atom. The van der Waals surface area contributed by atoms with Gasteiger partial charge >= 0.3 is 0 Å². The first kappa shape index (κ1) is 15.1. The maximum Gasteiger partial charge on any atom is 0.272 e. The largest absolute Gasteiger partial charge is 0.475 e. The highest BCUT2D eigenvalue weighted by molar-refractivity contribution is 6.20. The zero-order valence-electron chi connectivity index (χ0n) is 14.1. The molecule has 9 heteroatoms. The van der Waals surface area contributed by atoms with Crippen molar-refractivity contribution >= 4 is 28.2 Å². The van der Waals surface area contributed by atoms with Gasteiger partial charge in [0.05, 0.1) is 30.6 Å². The van der Waals surface area contributed by atoms with E-state index in [9.17, 15) is 4.79 Å². The Morgan fingerprint density at radius 3 is 3.15 bits per heavy atom. The number of aliphatic imine (C=N–C) groups is 1. The van der Waals surface area contributed by atoms with E-state index < -0.39 is 0 Å². The van der Waals surface area contributed by atoms with Crippen molar-refractivity contribution < 1.29 is 9.47 Å². The summed E-state index contributed by atoms with van der Waals surface area (Å²) in [6, 6.07) is 5.80.